The van der Waals surface area contributed by atoms with Crippen LogP contribution in [0, 0.1) is 0 Å². The molecule has 31 heavy (non-hydrogen) atoms. The van der Waals surface area contributed by atoms with Crippen molar-refractivity contribution in [3.05, 3.63) is 0 Å². The Morgan fingerprint density at radius 2 is 0.290 bits per heavy atom. The van der Waals surface area contributed by atoms with Crippen molar-refractivity contribution in [2.45, 2.75) is 0 Å². The standard InChI is InChI=1S/5CH2O3.3H3N.5H2O.3Zr/c5*2-1(3)4;;;;;;;;;;;/h5*(H2,2,3,4);3*1H3;5*1H2;;;/q;;;;;;;;;;;;;3*+4/p-12. The van der Waals surface area contributed by atoms with Crippen LogP contribution in [0.3, 0.4) is 0 Å². The zero-order chi connectivity index (χ0) is 17.9. The number of carbonyl (C=O) groups is 5. The van der Waals surface area contributed by atoms with E-state index in [4.69, 9.17) is 75.0 Å². The molecular weight excluding hydrogens is 696 g/mol. The van der Waals surface area contributed by atoms with Gasteiger partial charge >= 0.3 is 78.6 Å². The summed E-state index contributed by atoms with van der Waals surface area (Å²) in [5, 5.41) is 83.3. The van der Waals surface area contributed by atoms with Gasteiger partial charge in [0.05, 0.1) is 0 Å². The van der Waals surface area contributed by atoms with Crippen LogP contribution in [0.5, 0.6) is 0 Å². The molecule has 26 heteroatoms. The molecule has 0 aliphatic heterocycles. The summed E-state index contributed by atoms with van der Waals surface area (Å²) in [6.45, 7) is 0. The van der Waals surface area contributed by atoms with E-state index in [-0.39, 0.29) is 124 Å². The van der Waals surface area contributed by atoms with Gasteiger partial charge in [0.2, 0.25) is 0 Å². The average Bonchev–Trinajstić information content (AvgIpc) is 1.94. The molecule has 0 spiro atoms. The second-order valence-electron chi connectivity index (χ2n) is 1.25. The van der Waals surface area contributed by atoms with Crippen molar-refractivity contribution in [3.8, 4) is 0 Å². The van der Waals surface area contributed by atoms with E-state index in [1.807, 2.05) is 0 Å². The molecule has 0 aromatic carbocycles. The summed E-state index contributed by atoms with van der Waals surface area (Å²) < 4.78 is 0. The summed E-state index contributed by atoms with van der Waals surface area (Å²) in [6, 6.07) is 0. The van der Waals surface area contributed by atoms with E-state index in [0.717, 1.165) is 0 Å². The van der Waals surface area contributed by atoms with Gasteiger partial charge in [0.1, 0.15) is 0 Å². The largest absolute Gasteiger partial charge is 4.00 e. The first kappa shape index (κ1) is 130. The van der Waals surface area contributed by atoms with Crippen LogP contribution in [-0.4, -0.2) is 58.2 Å². The molecule has 0 bridgehead atoms. The molecule has 0 heterocycles. The maximum Gasteiger partial charge on any atom is 4.00 e. The van der Waals surface area contributed by atoms with Crippen molar-refractivity contribution in [2.24, 2.45) is 0 Å². The second-order valence-corrected chi connectivity index (χ2v) is 1.25. The minimum atomic E-state index is -2.33. The van der Waals surface area contributed by atoms with Crippen LogP contribution in [0.15, 0.2) is 0 Å². The Hall–Kier alpha value is -1.32. The molecule has 0 aromatic heterocycles. The van der Waals surface area contributed by atoms with Crippen molar-refractivity contribution in [1.29, 1.82) is 0 Å². The molecule has 0 saturated carbocycles. The van der Waals surface area contributed by atoms with Gasteiger partial charge in [-0.15, -0.1) is 0 Å². The molecule has 0 aliphatic carbocycles. The molecule has 23 nitrogen and oxygen atoms in total. The van der Waals surface area contributed by atoms with E-state index in [9.17, 15) is 0 Å². The smallest absolute Gasteiger partial charge is 0.870 e. The van der Waals surface area contributed by atoms with Gasteiger partial charge in [0.25, 0.3) is 0 Å². The van der Waals surface area contributed by atoms with E-state index < -0.39 is 30.8 Å². The van der Waals surface area contributed by atoms with Gasteiger partial charge in [-0.05, 0) is 30.8 Å². The van der Waals surface area contributed by atoms with Gasteiger partial charge < -0.3 is 121 Å². The Morgan fingerprint density at radius 1 is 0.290 bits per heavy atom. The van der Waals surface area contributed by atoms with E-state index in [0.29, 0.717) is 0 Å². The fourth-order valence-corrected chi connectivity index (χ4v) is 0. The summed E-state index contributed by atoms with van der Waals surface area (Å²) in [6.07, 6.45) is -11.7. The Kier molecular flexibility index (Phi) is 494. The molecule has 0 rings (SSSR count). The van der Waals surface area contributed by atoms with Crippen LogP contribution in [0.25, 0.3) is 0 Å². The zero-order valence-corrected chi connectivity index (χ0v) is 22.7. The van der Waals surface area contributed by atoms with Gasteiger partial charge in [0, 0.05) is 0 Å². The molecule has 0 unspecified atom stereocenters. The molecule has 0 radical (unpaired) electrons. The van der Waals surface area contributed by atoms with Gasteiger partial charge in [-0.2, -0.15) is 0 Å². The fourth-order valence-electron chi connectivity index (χ4n) is 0. The molecule has 0 amide bonds. The Bertz CT molecular complexity index is 231. The Morgan fingerprint density at radius 3 is 0.290 bits per heavy atom. The third-order valence-corrected chi connectivity index (χ3v) is 0. The van der Waals surface area contributed by atoms with Crippen molar-refractivity contribution in [2.75, 3.05) is 0 Å². The molecule has 0 atom stereocenters. The number of carboxylic acid groups (broad SMARTS) is 10. The van der Waals surface area contributed by atoms with E-state index >= 15 is 0 Å². The molecule has 0 saturated heterocycles. The minimum absolute atomic E-state index is 0. The minimum Gasteiger partial charge on any atom is -0.870 e. The molecule has 0 aromatic rings. The third kappa shape index (κ3) is 11700. The molecular formula is C5H17N3O20Zr3. The number of rotatable bonds is 0. The van der Waals surface area contributed by atoms with E-state index in [1.165, 1.54) is 0 Å². The van der Waals surface area contributed by atoms with Crippen LogP contribution < -0.4 is 69.5 Å². The monoisotopic (exact) mass is 709 g/mol. The van der Waals surface area contributed by atoms with Crippen LogP contribution >= 0.6 is 0 Å². The van der Waals surface area contributed by atoms with Gasteiger partial charge in [-0.25, -0.2) is 0 Å². The average molecular weight is 713 g/mol. The maximum absolute atomic E-state index is 8.33. The van der Waals surface area contributed by atoms with E-state index in [2.05, 4.69) is 0 Å². The van der Waals surface area contributed by atoms with Gasteiger partial charge in [-0.1, -0.05) is 0 Å². The predicted octanol–water partition coefficient (Wildman–Crippen LogP) is -12.0. The number of hydrogen-bond donors (Lipinski definition) is 3. The summed E-state index contributed by atoms with van der Waals surface area (Å²) in [7, 11) is 0. The normalized spacial score (nSPS) is 3.87. The van der Waals surface area contributed by atoms with Crippen molar-refractivity contribution < 1.29 is 181 Å². The topological polar surface area (TPSA) is 575 Å². The summed E-state index contributed by atoms with van der Waals surface area (Å²) in [5.41, 5.74) is 0. The van der Waals surface area contributed by atoms with Crippen molar-refractivity contribution in [1.82, 2.24) is 18.5 Å². The summed E-state index contributed by atoms with van der Waals surface area (Å²) >= 11 is 0. The molecule has 0 fully saturated rings. The quantitative estimate of drug-likeness (QED) is 0.210. The first-order valence-electron chi connectivity index (χ1n) is 3.06. The van der Waals surface area contributed by atoms with Gasteiger partial charge in [-0.3, -0.25) is 0 Å². The number of quaternary nitrogens is 3. The van der Waals surface area contributed by atoms with Crippen molar-refractivity contribution in [3.63, 3.8) is 0 Å². The zero-order valence-electron chi connectivity index (χ0n) is 15.4. The summed E-state index contributed by atoms with van der Waals surface area (Å²) in [4.78, 5) is 41.7. The number of carbonyl (C=O) groups excluding carboxylic acids is 5. The maximum atomic E-state index is 8.33. The summed E-state index contributed by atoms with van der Waals surface area (Å²) in [5.74, 6) is 0. The van der Waals surface area contributed by atoms with Crippen molar-refractivity contribution >= 4 is 30.8 Å². The fraction of sp³-hybridized carbons (Fsp3) is 0. The third-order valence-electron chi connectivity index (χ3n) is 0. The van der Waals surface area contributed by atoms with Crippen LogP contribution in [0.1, 0.15) is 0 Å². The van der Waals surface area contributed by atoms with E-state index in [1.54, 1.807) is 0 Å². The second kappa shape index (κ2) is 117. The van der Waals surface area contributed by atoms with Gasteiger partial charge in [0.15, 0.2) is 0 Å². The number of hydrogen-bond acceptors (Lipinski definition) is 20. The van der Waals surface area contributed by atoms with Crippen LogP contribution in [0.4, 0.5) is 24.0 Å². The van der Waals surface area contributed by atoms with Crippen LogP contribution in [0.2, 0.25) is 0 Å². The first-order chi connectivity index (χ1) is 8.66. The molecule has 0 aliphatic rings. The first-order valence-corrected chi connectivity index (χ1v) is 3.06. The SMILES string of the molecule is O=C([O-])[O-].O=C([O-])[O-].O=C([O-])[O-].O=C([O-])[O-].O=C([O-])[O-].[NH4+].[NH4+].[NH4+].[OH-].[OH-].[OH-].[OH-].[OH-].[Zr+4].[Zr+4].[Zr+4]. The molecule has 17 N–H and O–H groups in total. The molecule has 184 valence electrons. The van der Waals surface area contributed by atoms with Crippen LogP contribution in [-0.2, 0) is 78.6 Å². The Labute approximate surface area is 229 Å². The predicted molar refractivity (Wildman–Crippen MR) is 54.6 cm³/mol. The Balaban J connectivity index is -0.00000000595.